The van der Waals surface area contributed by atoms with Crippen molar-refractivity contribution in [3.8, 4) is 0 Å². The first-order valence-corrected chi connectivity index (χ1v) is 25.9. The van der Waals surface area contributed by atoms with Gasteiger partial charge in [0.15, 0.2) is 48.9 Å². The summed E-state index contributed by atoms with van der Waals surface area (Å²) in [5.74, 6) is -6.96. The first kappa shape index (κ1) is 48.7. The molecule has 0 unspecified atom stereocenters. The molecule has 0 radical (unpaired) electrons. The normalized spacial score (nSPS) is 48.1. The number of esters is 7. The third-order valence-electron chi connectivity index (χ3n) is 17.2. The Kier molecular flexibility index (Phi) is 14.6. The first-order valence-electron chi connectivity index (χ1n) is 28.4. The molecule has 0 bridgehead atoms. The van der Waals surface area contributed by atoms with E-state index >= 15 is 0 Å². The molecular formula is C53H78O20. The predicted molar refractivity (Wildman–Crippen MR) is 250 cm³/mol. The minimum absolute atomic E-state index is 0.00414. The molecule has 4 heterocycles. The lowest BCUT2D eigenvalue weighted by Gasteiger charge is -2.61. The van der Waals surface area contributed by atoms with Gasteiger partial charge in [-0.25, -0.2) is 0 Å². The van der Waals surface area contributed by atoms with Crippen LogP contribution < -0.4 is 0 Å². The van der Waals surface area contributed by atoms with Crippen LogP contribution in [0.2, 0.25) is 0 Å². The molecule has 0 N–H and O–H groups in total. The van der Waals surface area contributed by atoms with Crippen molar-refractivity contribution < 1.29 is 102 Å². The summed E-state index contributed by atoms with van der Waals surface area (Å²) < 4.78 is 127. The maximum absolute atomic E-state index is 13.2. The Morgan fingerprint density at radius 2 is 1.12 bits per heavy atom. The first-order chi connectivity index (χ1) is 36.3. The Morgan fingerprint density at radius 1 is 0.589 bits per heavy atom. The SMILES string of the molecule is [2H]C1([2H])C[C@]2(C)[C@H]3CC[C@]4(C)[C@@H]5[C@H](C[C@H]4[C@@H]3CC[C@H]2C([2H])([2H])[C@@]1([2H])O[C@@H]1O[C@H](COC(C)=O)[C@@H](O[C@@H]2O[C@H](COC(C)=O)[C@@H](OC(C)=O)[C@H](OC(C)=O)[C@H]2OC(C)=O)[C@H](OC(C)=O)[C@H]1OC(C)=O)O[C@]1(CC[C@@H](C)CO1)[C@H]5C. The summed E-state index contributed by atoms with van der Waals surface area (Å²) in [5, 5.41) is 0. The van der Waals surface area contributed by atoms with Crippen LogP contribution in [-0.4, -0.2) is 141 Å². The lowest BCUT2D eigenvalue weighted by Crippen LogP contribution is -2.67. The molecule has 4 saturated heterocycles. The van der Waals surface area contributed by atoms with Crippen molar-refractivity contribution in [2.75, 3.05) is 19.8 Å². The minimum Gasteiger partial charge on any atom is -0.463 e. The molecule has 410 valence electrons. The molecule has 8 rings (SSSR count). The second-order valence-electron chi connectivity index (χ2n) is 22.1. The van der Waals surface area contributed by atoms with Gasteiger partial charge in [0, 0.05) is 66.3 Å². The van der Waals surface area contributed by atoms with Gasteiger partial charge in [-0.3, -0.25) is 33.6 Å². The van der Waals surface area contributed by atoms with Gasteiger partial charge in [0.2, 0.25) is 0 Å². The zero-order valence-corrected chi connectivity index (χ0v) is 43.8. The number of hydrogen-bond donors (Lipinski definition) is 0. The third-order valence-corrected chi connectivity index (χ3v) is 17.2. The molecule has 8 aliphatic rings. The number of rotatable bonds is 13. The largest absolute Gasteiger partial charge is 0.463 e. The van der Waals surface area contributed by atoms with Crippen LogP contribution >= 0.6 is 0 Å². The van der Waals surface area contributed by atoms with Gasteiger partial charge >= 0.3 is 41.8 Å². The molecule has 8 fully saturated rings. The lowest BCUT2D eigenvalue weighted by atomic mass is 9.44. The van der Waals surface area contributed by atoms with Gasteiger partial charge in [0.25, 0.3) is 0 Å². The summed E-state index contributed by atoms with van der Waals surface area (Å²) in [6, 6.07) is 0. The minimum atomic E-state index is -3.12. The van der Waals surface area contributed by atoms with Crippen molar-refractivity contribution in [1.29, 1.82) is 0 Å². The standard InChI is InChI=1S/C53H78O20/c1-25-14-19-53(63-22-25)26(2)42-39(73-53)21-38-36-13-12-34-20-35(15-17-51(34,10)37(36)16-18-52(38,42)11)69-49-47(67-32(8)59)46(66-31(7)58)44(41(70-49)24-62-28(4)55)72-50-48(68-33(9)60)45(65-30(6)57)43(64-29(5)56)40(71-50)23-61-27(3)54/h25-26,34-50H,12-24H2,1-11H3/t25-,26+,34+,35+,36-,37+,38+,39+,40-,41-,42+,43-,44-,45+,46+,47-,48-,49-,50+,51+,52+,53-/m1/s1/i15D2,20D2,35D. The molecule has 22 atom stereocenters. The Bertz CT molecular complexity index is 2320. The Balaban J connectivity index is 1.12. The molecule has 0 aromatic rings. The maximum atomic E-state index is 13.2. The van der Waals surface area contributed by atoms with Gasteiger partial charge in [-0.1, -0.05) is 27.7 Å². The molecule has 4 aliphatic carbocycles. The van der Waals surface area contributed by atoms with E-state index in [0.29, 0.717) is 31.8 Å². The van der Waals surface area contributed by atoms with Crippen LogP contribution in [0, 0.1) is 52.3 Å². The number of carbonyl (C=O) groups excluding carboxylic acids is 7. The van der Waals surface area contributed by atoms with Crippen LogP contribution in [0.1, 0.15) is 147 Å². The van der Waals surface area contributed by atoms with E-state index in [1.165, 1.54) is 0 Å². The Hall–Kier alpha value is -3.95. The van der Waals surface area contributed by atoms with E-state index in [9.17, 15) is 40.4 Å². The quantitative estimate of drug-likeness (QED) is 0.127. The fraction of sp³-hybridized carbons (Fsp3) is 0.868. The molecule has 20 heteroatoms. The van der Waals surface area contributed by atoms with Crippen molar-refractivity contribution in [3.63, 3.8) is 0 Å². The molecule has 0 amide bonds. The zero-order chi connectivity index (χ0) is 57.4. The van der Waals surface area contributed by atoms with Gasteiger partial charge in [0.05, 0.1) is 20.2 Å². The smallest absolute Gasteiger partial charge is 0.303 e. The van der Waals surface area contributed by atoms with Gasteiger partial charge < -0.3 is 61.6 Å². The van der Waals surface area contributed by atoms with Crippen LogP contribution in [0.5, 0.6) is 0 Å². The summed E-state index contributed by atoms with van der Waals surface area (Å²) in [4.78, 5) is 88.8. The molecule has 4 saturated carbocycles. The third kappa shape index (κ3) is 11.3. The van der Waals surface area contributed by atoms with Crippen LogP contribution in [0.15, 0.2) is 0 Å². The van der Waals surface area contributed by atoms with E-state index in [0.717, 1.165) is 74.1 Å². The number of ether oxygens (including phenoxy) is 13. The van der Waals surface area contributed by atoms with Crippen molar-refractivity contribution in [2.45, 2.75) is 220 Å². The second-order valence-corrected chi connectivity index (χ2v) is 22.1. The van der Waals surface area contributed by atoms with E-state index in [1.54, 1.807) is 0 Å². The summed E-state index contributed by atoms with van der Waals surface area (Å²) in [7, 11) is 0. The second kappa shape index (κ2) is 22.0. The molecule has 0 aromatic carbocycles. The molecular weight excluding hydrogens is 957 g/mol. The molecule has 73 heavy (non-hydrogen) atoms. The van der Waals surface area contributed by atoms with Crippen molar-refractivity contribution in [3.05, 3.63) is 0 Å². The van der Waals surface area contributed by atoms with Crippen LogP contribution in [0.3, 0.4) is 0 Å². The van der Waals surface area contributed by atoms with E-state index in [1.807, 2.05) is 6.92 Å². The fourth-order valence-corrected chi connectivity index (χ4v) is 14.2. The summed E-state index contributed by atoms with van der Waals surface area (Å²) >= 11 is 0. The summed E-state index contributed by atoms with van der Waals surface area (Å²) in [6.45, 7) is 15.2. The van der Waals surface area contributed by atoms with Crippen molar-refractivity contribution >= 4 is 41.8 Å². The van der Waals surface area contributed by atoms with Crippen molar-refractivity contribution in [2.24, 2.45) is 52.3 Å². The van der Waals surface area contributed by atoms with Gasteiger partial charge in [-0.05, 0) is 104 Å². The lowest BCUT2D eigenvalue weighted by molar-refractivity contribution is -0.365. The molecule has 1 spiro atoms. The van der Waals surface area contributed by atoms with E-state index in [-0.39, 0.29) is 47.5 Å². The monoisotopic (exact) mass is 1040 g/mol. The number of carbonyl (C=O) groups is 7. The van der Waals surface area contributed by atoms with Crippen LogP contribution in [0.4, 0.5) is 0 Å². The highest BCUT2D eigenvalue weighted by molar-refractivity contribution is 5.69. The van der Waals surface area contributed by atoms with E-state index in [4.69, 9.17) is 61.6 Å². The molecule has 20 nitrogen and oxygen atoms in total. The summed E-state index contributed by atoms with van der Waals surface area (Å²) in [5.41, 5.74) is -1.05. The van der Waals surface area contributed by atoms with Crippen molar-refractivity contribution in [1.82, 2.24) is 0 Å². The van der Waals surface area contributed by atoms with E-state index in [2.05, 4.69) is 20.8 Å². The number of hydrogen-bond acceptors (Lipinski definition) is 20. The molecule has 0 aromatic heterocycles. The summed E-state index contributed by atoms with van der Waals surface area (Å²) in [6.07, 6.45) is -22.1. The molecule has 4 aliphatic heterocycles. The zero-order valence-electron chi connectivity index (χ0n) is 48.8. The van der Waals surface area contributed by atoms with Gasteiger partial charge in [-0.15, -0.1) is 0 Å². The highest BCUT2D eigenvalue weighted by atomic mass is 16.8. The van der Waals surface area contributed by atoms with Crippen LogP contribution in [0.25, 0.3) is 0 Å². The maximum Gasteiger partial charge on any atom is 0.303 e. The fourth-order valence-electron chi connectivity index (χ4n) is 14.2. The Labute approximate surface area is 434 Å². The average molecular weight is 1040 g/mol. The predicted octanol–water partition coefficient (Wildman–Crippen LogP) is 5.44. The van der Waals surface area contributed by atoms with E-state index < -0.39 is 152 Å². The topological polar surface area (TPSA) is 239 Å². The van der Waals surface area contributed by atoms with Gasteiger partial charge in [-0.2, -0.15) is 0 Å². The highest BCUT2D eigenvalue weighted by Crippen LogP contribution is 2.71. The van der Waals surface area contributed by atoms with Crippen LogP contribution in [-0.2, 0) is 95.1 Å². The van der Waals surface area contributed by atoms with Gasteiger partial charge in [0.1, 0.15) is 31.5 Å². The average Bonchev–Trinajstić information content (AvgIpc) is 3.97. The highest BCUT2D eigenvalue weighted by Gasteiger charge is 2.69. The number of fused-ring (bicyclic) bond motifs is 7. The Morgan fingerprint density at radius 3 is 1.67 bits per heavy atom.